The highest BCUT2D eigenvalue weighted by Gasteiger charge is 2.04. The molecule has 0 aromatic rings. The minimum absolute atomic E-state index is 0.0236. The molecule has 0 radical (unpaired) electrons. The molecule has 0 aromatic carbocycles. The molecular weight excluding hydrogens is 378 g/mol. The number of amides is 1. The molecule has 1 amide bonds. The monoisotopic (exact) mass is 419 g/mol. The van der Waals surface area contributed by atoms with Crippen LogP contribution in [-0.4, -0.2) is 32.0 Å². The minimum atomic E-state index is -4.38. The van der Waals surface area contributed by atoms with Crippen molar-refractivity contribution in [2.75, 3.05) is 13.2 Å². The first-order valence-corrected chi connectivity index (χ1v) is 12.4. The summed E-state index contributed by atoms with van der Waals surface area (Å²) in [6.07, 6.45) is 21.5. The molecule has 0 aromatic heterocycles. The highest BCUT2D eigenvalue weighted by molar-refractivity contribution is 7.80. The number of unbranched alkanes of at least 4 members (excludes halogenated alkanes) is 11. The van der Waals surface area contributed by atoms with E-state index >= 15 is 0 Å². The second-order valence-corrected chi connectivity index (χ2v) is 8.38. The van der Waals surface area contributed by atoms with E-state index in [1.54, 1.807) is 0 Å². The Balaban J connectivity index is 3.27. The van der Waals surface area contributed by atoms with Crippen LogP contribution in [0.1, 0.15) is 103 Å². The van der Waals surface area contributed by atoms with Crippen LogP contribution >= 0.6 is 0 Å². The Hall–Kier alpha value is -0.920. The molecule has 166 valence electrons. The van der Waals surface area contributed by atoms with E-state index in [4.69, 9.17) is 4.55 Å². The maximum Gasteiger partial charge on any atom is 0.397 e. The van der Waals surface area contributed by atoms with E-state index in [2.05, 4.69) is 28.6 Å². The molecule has 0 aliphatic heterocycles. The topological polar surface area (TPSA) is 92.7 Å². The number of carbonyl (C=O) groups excluding carboxylic acids is 1. The molecule has 0 saturated carbocycles. The zero-order chi connectivity index (χ0) is 20.9. The summed E-state index contributed by atoms with van der Waals surface area (Å²) >= 11 is 0. The average Bonchev–Trinajstić information content (AvgIpc) is 2.63. The van der Waals surface area contributed by atoms with Gasteiger partial charge >= 0.3 is 10.4 Å². The molecule has 28 heavy (non-hydrogen) atoms. The molecule has 0 atom stereocenters. The highest BCUT2D eigenvalue weighted by Crippen LogP contribution is 2.09. The quantitative estimate of drug-likeness (QED) is 0.158. The van der Waals surface area contributed by atoms with E-state index in [0.29, 0.717) is 19.4 Å². The Labute approximate surface area is 172 Å². The van der Waals surface area contributed by atoms with Crippen molar-refractivity contribution in [2.24, 2.45) is 0 Å². The van der Waals surface area contributed by atoms with Gasteiger partial charge in [0.25, 0.3) is 0 Å². The first-order chi connectivity index (χ1) is 13.5. The van der Waals surface area contributed by atoms with Gasteiger partial charge in [-0.15, -0.1) is 0 Å². The van der Waals surface area contributed by atoms with Crippen molar-refractivity contribution in [1.82, 2.24) is 5.32 Å². The number of hydrogen-bond acceptors (Lipinski definition) is 4. The lowest BCUT2D eigenvalue weighted by Gasteiger charge is -2.05. The second kappa shape index (κ2) is 19.4. The van der Waals surface area contributed by atoms with Crippen LogP contribution in [0.2, 0.25) is 0 Å². The SMILES string of the molecule is CCCCCCCC/C=C\CCCCCCCC(=O)NCCCOS(=O)(=O)O. The van der Waals surface area contributed by atoms with E-state index in [-0.39, 0.29) is 12.5 Å². The van der Waals surface area contributed by atoms with Crippen molar-refractivity contribution in [3.63, 3.8) is 0 Å². The van der Waals surface area contributed by atoms with Crippen LogP contribution in [0.3, 0.4) is 0 Å². The van der Waals surface area contributed by atoms with Gasteiger partial charge in [-0.1, -0.05) is 70.4 Å². The minimum Gasteiger partial charge on any atom is -0.356 e. The Kier molecular flexibility index (Phi) is 18.8. The number of carbonyl (C=O) groups is 1. The molecule has 0 bridgehead atoms. The summed E-state index contributed by atoms with van der Waals surface area (Å²) in [5.74, 6) is -0.0236. The van der Waals surface area contributed by atoms with Gasteiger partial charge in [0.1, 0.15) is 0 Å². The standard InChI is InChI=1S/C21H41NO5S/c1-2-3-4-5-6-7-8-9-10-11-12-13-14-15-16-18-21(23)22-19-17-20-27-28(24,25)26/h9-10H,2-8,11-20H2,1H3,(H,22,23)(H,24,25,26)/b10-9-. The number of allylic oxidation sites excluding steroid dienone is 2. The molecule has 0 spiro atoms. The van der Waals surface area contributed by atoms with Crippen molar-refractivity contribution >= 4 is 16.3 Å². The zero-order valence-electron chi connectivity index (χ0n) is 17.7. The number of nitrogens with one attached hydrogen (secondary N) is 1. The molecule has 2 N–H and O–H groups in total. The molecule has 0 fully saturated rings. The predicted molar refractivity (Wildman–Crippen MR) is 115 cm³/mol. The Bertz CT molecular complexity index is 491. The van der Waals surface area contributed by atoms with Crippen LogP contribution in [0.4, 0.5) is 0 Å². The van der Waals surface area contributed by atoms with Crippen molar-refractivity contribution < 1.29 is 21.9 Å². The summed E-state index contributed by atoms with van der Waals surface area (Å²) in [5, 5.41) is 2.71. The van der Waals surface area contributed by atoms with Crippen LogP contribution < -0.4 is 5.32 Å². The average molecular weight is 420 g/mol. The molecule has 0 aliphatic rings. The molecule has 0 aliphatic carbocycles. The fourth-order valence-corrected chi connectivity index (χ4v) is 3.24. The van der Waals surface area contributed by atoms with Gasteiger partial charge in [-0.2, -0.15) is 8.42 Å². The first kappa shape index (κ1) is 27.1. The normalized spacial score (nSPS) is 11.9. The highest BCUT2D eigenvalue weighted by atomic mass is 32.3. The molecule has 0 unspecified atom stereocenters. The summed E-state index contributed by atoms with van der Waals surface area (Å²) in [6.45, 7) is 2.46. The molecule has 7 heteroatoms. The van der Waals surface area contributed by atoms with E-state index in [0.717, 1.165) is 25.7 Å². The number of hydrogen-bond donors (Lipinski definition) is 2. The second-order valence-electron chi connectivity index (χ2n) is 7.29. The molecular formula is C21H41NO5S. The first-order valence-electron chi connectivity index (χ1n) is 11.0. The van der Waals surface area contributed by atoms with Crippen molar-refractivity contribution in [3.8, 4) is 0 Å². The third-order valence-corrected chi connectivity index (χ3v) is 5.01. The van der Waals surface area contributed by atoms with Crippen LogP contribution in [0.25, 0.3) is 0 Å². The third kappa shape index (κ3) is 23.1. The Morgan fingerprint density at radius 2 is 1.39 bits per heavy atom. The summed E-state index contributed by atoms with van der Waals surface area (Å²) in [5.41, 5.74) is 0. The van der Waals surface area contributed by atoms with Crippen LogP contribution in [0.5, 0.6) is 0 Å². The molecule has 0 rings (SSSR count). The smallest absolute Gasteiger partial charge is 0.356 e. The van der Waals surface area contributed by atoms with Crippen LogP contribution in [0.15, 0.2) is 12.2 Å². The van der Waals surface area contributed by atoms with E-state index < -0.39 is 10.4 Å². The van der Waals surface area contributed by atoms with Crippen LogP contribution in [0, 0.1) is 0 Å². The van der Waals surface area contributed by atoms with Gasteiger partial charge in [0, 0.05) is 13.0 Å². The third-order valence-electron chi connectivity index (χ3n) is 4.54. The lowest BCUT2D eigenvalue weighted by atomic mass is 10.1. The van der Waals surface area contributed by atoms with Crippen molar-refractivity contribution in [2.45, 2.75) is 103 Å². The molecule has 6 nitrogen and oxygen atoms in total. The largest absolute Gasteiger partial charge is 0.397 e. The van der Waals surface area contributed by atoms with Crippen LogP contribution in [-0.2, 0) is 19.4 Å². The summed E-state index contributed by atoms with van der Waals surface area (Å²) in [4.78, 5) is 11.6. The van der Waals surface area contributed by atoms with Gasteiger partial charge in [0.05, 0.1) is 6.61 Å². The van der Waals surface area contributed by atoms with Crippen molar-refractivity contribution in [3.05, 3.63) is 12.2 Å². The maximum absolute atomic E-state index is 11.6. The summed E-state index contributed by atoms with van der Waals surface area (Å²) in [7, 11) is -4.38. The van der Waals surface area contributed by atoms with Gasteiger partial charge in [-0.05, 0) is 38.5 Å². The lowest BCUT2D eigenvalue weighted by molar-refractivity contribution is -0.121. The fourth-order valence-electron chi connectivity index (χ4n) is 2.91. The maximum atomic E-state index is 11.6. The van der Waals surface area contributed by atoms with Gasteiger partial charge < -0.3 is 5.32 Å². The predicted octanol–water partition coefficient (Wildman–Crippen LogP) is 5.35. The lowest BCUT2D eigenvalue weighted by Crippen LogP contribution is -2.25. The zero-order valence-corrected chi connectivity index (χ0v) is 18.5. The molecule has 0 saturated heterocycles. The van der Waals surface area contributed by atoms with Gasteiger partial charge in [0.15, 0.2) is 0 Å². The molecule has 0 heterocycles. The van der Waals surface area contributed by atoms with E-state index in [1.165, 1.54) is 57.8 Å². The van der Waals surface area contributed by atoms with Gasteiger partial charge in [0.2, 0.25) is 5.91 Å². The van der Waals surface area contributed by atoms with E-state index in [1.807, 2.05) is 0 Å². The Morgan fingerprint density at radius 1 is 0.857 bits per heavy atom. The van der Waals surface area contributed by atoms with Crippen molar-refractivity contribution in [1.29, 1.82) is 0 Å². The summed E-state index contributed by atoms with van der Waals surface area (Å²) < 4.78 is 33.2. The Morgan fingerprint density at radius 3 is 1.96 bits per heavy atom. The fraction of sp³-hybridized carbons (Fsp3) is 0.857. The number of rotatable bonds is 20. The van der Waals surface area contributed by atoms with Gasteiger partial charge in [-0.25, -0.2) is 4.18 Å². The van der Waals surface area contributed by atoms with Gasteiger partial charge in [-0.3, -0.25) is 9.35 Å². The summed E-state index contributed by atoms with van der Waals surface area (Å²) in [6, 6.07) is 0. The van der Waals surface area contributed by atoms with E-state index in [9.17, 15) is 13.2 Å².